The summed E-state index contributed by atoms with van der Waals surface area (Å²) in [5, 5.41) is 15.7. The van der Waals surface area contributed by atoms with Gasteiger partial charge in [-0.3, -0.25) is 4.79 Å². The fraction of sp³-hybridized carbons (Fsp3) is 0.407. The maximum Gasteiger partial charge on any atom is 0.263 e. The summed E-state index contributed by atoms with van der Waals surface area (Å²) in [6.07, 6.45) is 6.43. The highest BCUT2D eigenvalue weighted by atomic mass is 35.5. The van der Waals surface area contributed by atoms with E-state index in [1.165, 1.54) is 52.7 Å². The number of halogens is 1. The minimum atomic E-state index is -3.73. The smallest absolute Gasteiger partial charge is 0.263 e. The summed E-state index contributed by atoms with van der Waals surface area (Å²) < 4.78 is 32.6. The number of carbonyl (C=O) groups excluding carboxylic acids is 1. The topological polar surface area (TPSA) is 112 Å². The van der Waals surface area contributed by atoms with Crippen LogP contribution in [0.25, 0.3) is 0 Å². The molecule has 0 spiro atoms. The molecule has 2 aromatic rings. The fourth-order valence-electron chi connectivity index (χ4n) is 4.64. The molecule has 0 bridgehead atoms. The van der Waals surface area contributed by atoms with Crippen LogP contribution in [0.4, 0.5) is 5.69 Å². The van der Waals surface area contributed by atoms with Gasteiger partial charge < -0.3 is 15.4 Å². The van der Waals surface area contributed by atoms with Gasteiger partial charge in [-0.2, -0.15) is 9.57 Å². The number of morpholine rings is 1. The third kappa shape index (κ3) is 6.33. The lowest BCUT2D eigenvalue weighted by molar-refractivity contribution is -0.117. The van der Waals surface area contributed by atoms with Crippen LogP contribution in [-0.2, 0) is 32.4 Å². The number of nitrogens with one attached hydrogen (secondary N) is 2. The maximum absolute atomic E-state index is 13.0. The molecular weight excluding hydrogens is 512 g/mol. The first-order valence-corrected chi connectivity index (χ1v) is 14.3. The van der Waals surface area contributed by atoms with Crippen molar-refractivity contribution in [2.24, 2.45) is 0 Å². The zero-order valence-electron chi connectivity index (χ0n) is 20.8. The second-order valence-corrected chi connectivity index (χ2v) is 11.5. The van der Waals surface area contributed by atoms with E-state index in [1.54, 1.807) is 0 Å². The van der Waals surface area contributed by atoms with Gasteiger partial charge in [-0.05, 0) is 67.0 Å². The molecule has 37 heavy (non-hydrogen) atoms. The molecule has 1 heterocycles. The zero-order chi connectivity index (χ0) is 26.4. The Morgan fingerprint density at radius 1 is 1.16 bits per heavy atom. The Labute approximate surface area is 223 Å². The summed E-state index contributed by atoms with van der Waals surface area (Å²) in [6.45, 7) is 3.21. The maximum atomic E-state index is 13.0. The first-order chi connectivity index (χ1) is 17.8. The Hall–Kier alpha value is -2.90. The molecule has 1 saturated heterocycles. The van der Waals surface area contributed by atoms with Gasteiger partial charge >= 0.3 is 0 Å². The quantitative estimate of drug-likeness (QED) is 0.379. The Morgan fingerprint density at radius 3 is 2.59 bits per heavy atom. The zero-order valence-corrected chi connectivity index (χ0v) is 22.4. The van der Waals surface area contributed by atoms with Gasteiger partial charge in [0.05, 0.1) is 34.9 Å². The number of amides is 1. The van der Waals surface area contributed by atoms with E-state index >= 15 is 0 Å². The molecule has 0 aromatic heterocycles. The molecule has 1 atom stereocenters. The van der Waals surface area contributed by atoms with Gasteiger partial charge in [0.25, 0.3) is 5.91 Å². The number of aryl methyl sites for hydroxylation is 2. The van der Waals surface area contributed by atoms with E-state index in [0.717, 1.165) is 18.4 Å². The van der Waals surface area contributed by atoms with E-state index in [4.69, 9.17) is 16.3 Å². The van der Waals surface area contributed by atoms with Crippen molar-refractivity contribution < 1.29 is 17.9 Å². The number of carbonyl (C=O) groups is 1. The number of hydrogen-bond donors (Lipinski definition) is 2. The van der Waals surface area contributed by atoms with Gasteiger partial charge in [0, 0.05) is 19.3 Å². The van der Waals surface area contributed by atoms with E-state index in [2.05, 4.69) is 22.8 Å². The second-order valence-electron chi connectivity index (χ2n) is 9.14. The molecule has 1 unspecified atom stereocenters. The number of anilines is 1. The molecule has 1 aliphatic heterocycles. The van der Waals surface area contributed by atoms with Crippen molar-refractivity contribution in [2.45, 2.75) is 50.0 Å². The Bertz CT molecular complexity index is 1330. The minimum Gasteiger partial charge on any atom is -0.379 e. The molecule has 10 heteroatoms. The van der Waals surface area contributed by atoms with Crippen LogP contribution in [0.5, 0.6) is 0 Å². The van der Waals surface area contributed by atoms with Crippen molar-refractivity contribution in [3.05, 3.63) is 69.9 Å². The molecule has 1 aliphatic carbocycles. The predicted octanol–water partition coefficient (Wildman–Crippen LogP) is 4.33. The van der Waals surface area contributed by atoms with Gasteiger partial charge in [0.1, 0.15) is 11.6 Å². The molecule has 8 nitrogen and oxygen atoms in total. The monoisotopic (exact) mass is 542 g/mol. The molecule has 1 amide bonds. The molecule has 196 valence electrons. The number of ether oxygens (including phenoxy) is 1. The highest BCUT2D eigenvalue weighted by Crippen LogP contribution is 2.28. The third-order valence-electron chi connectivity index (χ3n) is 6.77. The molecule has 4 rings (SSSR count). The average molecular weight is 543 g/mol. The Balaban J connectivity index is 1.49. The van der Waals surface area contributed by atoms with Crippen LogP contribution in [0.15, 0.2) is 53.1 Å². The van der Waals surface area contributed by atoms with Crippen LogP contribution in [0, 0.1) is 11.3 Å². The van der Waals surface area contributed by atoms with Gasteiger partial charge in [-0.1, -0.05) is 36.7 Å². The van der Waals surface area contributed by atoms with Crippen LogP contribution in [0.3, 0.4) is 0 Å². The van der Waals surface area contributed by atoms with Crippen molar-refractivity contribution in [1.29, 1.82) is 5.26 Å². The van der Waals surface area contributed by atoms with Crippen molar-refractivity contribution in [3.63, 3.8) is 0 Å². The highest BCUT2D eigenvalue weighted by molar-refractivity contribution is 7.89. The van der Waals surface area contributed by atoms with E-state index in [1.807, 2.05) is 19.1 Å². The first kappa shape index (κ1) is 27.1. The summed E-state index contributed by atoms with van der Waals surface area (Å²) in [5.41, 5.74) is 3.85. The number of hydrogen-bond acceptors (Lipinski definition) is 6. The SMILES string of the molecule is CCC(NC(=O)/C(C#N)=C\Nc1cc(S(=O)(=O)N2CCOCC2)ccc1Cl)c1ccc2c(c1)CCCC2. The van der Waals surface area contributed by atoms with E-state index in [0.29, 0.717) is 19.6 Å². The van der Waals surface area contributed by atoms with Crippen molar-refractivity contribution in [1.82, 2.24) is 9.62 Å². The van der Waals surface area contributed by atoms with Gasteiger partial charge in [-0.15, -0.1) is 0 Å². The van der Waals surface area contributed by atoms with Crippen LogP contribution in [-0.4, -0.2) is 44.9 Å². The van der Waals surface area contributed by atoms with Crippen molar-refractivity contribution >= 4 is 33.2 Å². The number of nitriles is 1. The highest BCUT2D eigenvalue weighted by Gasteiger charge is 2.27. The molecule has 0 radical (unpaired) electrons. The normalized spacial score (nSPS) is 17.4. The lowest BCUT2D eigenvalue weighted by atomic mass is 9.88. The van der Waals surface area contributed by atoms with E-state index in [-0.39, 0.29) is 40.3 Å². The van der Waals surface area contributed by atoms with Crippen molar-refractivity contribution in [2.75, 3.05) is 31.6 Å². The second kappa shape index (κ2) is 12.1. The summed E-state index contributed by atoms with van der Waals surface area (Å²) in [5.74, 6) is -0.521. The number of rotatable bonds is 8. The summed E-state index contributed by atoms with van der Waals surface area (Å²) in [6, 6.07) is 12.3. The molecule has 1 fully saturated rings. The Morgan fingerprint density at radius 2 is 1.89 bits per heavy atom. The van der Waals surface area contributed by atoms with Crippen molar-refractivity contribution in [3.8, 4) is 6.07 Å². The average Bonchev–Trinajstić information content (AvgIpc) is 2.93. The van der Waals surface area contributed by atoms with Crippen LogP contribution in [0.2, 0.25) is 5.02 Å². The lowest BCUT2D eigenvalue weighted by Crippen LogP contribution is -2.40. The first-order valence-electron chi connectivity index (χ1n) is 12.5. The lowest BCUT2D eigenvalue weighted by Gasteiger charge is -2.26. The molecule has 2 aliphatic rings. The molecule has 2 aromatic carbocycles. The van der Waals surface area contributed by atoms with Crippen LogP contribution < -0.4 is 10.6 Å². The largest absolute Gasteiger partial charge is 0.379 e. The number of fused-ring (bicyclic) bond motifs is 1. The van der Waals surface area contributed by atoms with Crippen LogP contribution in [0.1, 0.15) is 48.9 Å². The van der Waals surface area contributed by atoms with Gasteiger partial charge in [0.15, 0.2) is 0 Å². The molecule has 0 saturated carbocycles. The van der Waals surface area contributed by atoms with E-state index in [9.17, 15) is 18.5 Å². The third-order valence-corrected chi connectivity index (χ3v) is 9.00. The fourth-order valence-corrected chi connectivity index (χ4v) is 6.24. The molecular formula is C27H31ClN4O4S. The van der Waals surface area contributed by atoms with Gasteiger partial charge in [0.2, 0.25) is 10.0 Å². The predicted molar refractivity (Wildman–Crippen MR) is 143 cm³/mol. The molecule has 2 N–H and O–H groups in total. The van der Waals surface area contributed by atoms with Gasteiger partial charge in [-0.25, -0.2) is 8.42 Å². The number of benzene rings is 2. The summed E-state index contributed by atoms with van der Waals surface area (Å²) in [4.78, 5) is 13.0. The van der Waals surface area contributed by atoms with Crippen LogP contribution >= 0.6 is 11.6 Å². The standard InChI is InChI=1S/C27H31ClN4O4S/c1-2-25(21-8-7-19-5-3-4-6-20(19)15-21)31-27(33)22(17-29)18-30-26-16-23(9-10-24(26)28)37(34,35)32-11-13-36-14-12-32/h7-10,15-16,18,25,30H,2-6,11-14H2,1H3,(H,31,33)/b22-18-. The summed E-state index contributed by atoms with van der Waals surface area (Å²) >= 11 is 6.28. The summed E-state index contributed by atoms with van der Waals surface area (Å²) in [7, 11) is -3.73. The Kier molecular flexibility index (Phi) is 8.87. The number of sulfonamides is 1. The minimum absolute atomic E-state index is 0.0658. The number of nitrogens with zero attached hydrogens (tertiary/aromatic N) is 2. The van der Waals surface area contributed by atoms with E-state index < -0.39 is 15.9 Å².